The van der Waals surface area contributed by atoms with E-state index in [1.54, 1.807) is 42.5 Å². The Kier molecular flexibility index (Phi) is 15.3. The molecule has 256 valence electrons. The second kappa shape index (κ2) is 19.4. The fourth-order valence-electron chi connectivity index (χ4n) is 5.40. The van der Waals surface area contributed by atoms with Crippen LogP contribution in [0.1, 0.15) is 75.2 Å². The number of rotatable bonds is 16. The number of halogens is 3. The Morgan fingerprint density at radius 3 is 1.50 bits per heavy atom. The molecule has 0 aromatic heterocycles. The van der Waals surface area contributed by atoms with Crippen molar-refractivity contribution in [1.29, 1.82) is 0 Å². The molecule has 2 atom stereocenters. The highest BCUT2D eigenvalue weighted by Crippen LogP contribution is 2.13. The summed E-state index contributed by atoms with van der Waals surface area (Å²) in [6.07, 6.45) is 5.23. The summed E-state index contributed by atoms with van der Waals surface area (Å²) in [6.45, 7) is 7.76. The van der Waals surface area contributed by atoms with Crippen molar-refractivity contribution in [2.24, 2.45) is 11.5 Å². The number of carbonyl (C=O) groups excluding carboxylic acids is 2. The Hall–Kier alpha value is -4.47. The van der Waals surface area contributed by atoms with E-state index in [0.717, 1.165) is 73.5 Å². The van der Waals surface area contributed by atoms with Gasteiger partial charge in [0.2, 0.25) is 11.8 Å². The molecule has 0 saturated carbocycles. The molecule has 6 nitrogen and oxygen atoms in total. The lowest BCUT2D eigenvalue weighted by Crippen LogP contribution is -2.29. The number of amides is 2. The van der Waals surface area contributed by atoms with Gasteiger partial charge in [-0.3, -0.25) is 9.59 Å². The molecule has 0 aliphatic carbocycles. The maximum atomic E-state index is 13.4. The molecule has 6 N–H and O–H groups in total. The highest BCUT2D eigenvalue weighted by atomic mass is 19.2. The largest absolute Gasteiger partial charge is 0.366 e. The molecule has 0 fully saturated rings. The van der Waals surface area contributed by atoms with Crippen LogP contribution in [0.5, 0.6) is 0 Å². The number of nitrogens with two attached hydrogens (primary N) is 2. The van der Waals surface area contributed by atoms with Gasteiger partial charge in [0.05, 0.1) is 0 Å². The molecule has 0 spiro atoms. The number of nitrogens with one attached hydrogen (secondary N) is 2. The number of aryl methyl sites for hydroxylation is 3. The third-order valence-corrected chi connectivity index (χ3v) is 7.92. The molecule has 4 aromatic rings. The minimum Gasteiger partial charge on any atom is -0.366 e. The predicted octanol–water partition coefficient (Wildman–Crippen LogP) is 6.60. The molecular weight excluding hydrogens is 613 g/mol. The summed E-state index contributed by atoms with van der Waals surface area (Å²) in [5.74, 6) is -2.61. The van der Waals surface area contributed by atoms with Crippen molar-refractivity contribution in [3.8, 4) is 0 Å². The van der Waals surface area contributed by atoms with Crippen LogP contribution in [-0.4, -0.2) is 37.0 Å². The first-order valence-corrected chi connectivity index (χ1v) is 16.3. The summed E-state index contributed by atoms with van der Waals surface area (Å²) in [4.78, 5) is 22.0. The van der Waals surface area contributed by atoms with E-state index in [0.29, 0.717) is 23.6 Å². The van der Waals surface area contributed by atoms with Crippen LogP contribution in [0.4, 0.5) is 13.2 Å². The SMILES string of the molecule is CC(Cc1ccc(F)c(F)c1)NCCCc1ccc(C(N)=O)cc1.Cc1cc(F)cc(CC(C)NCCCc2ccc(C(N)=O)cc2)c1. The Morgan fingerprint density at radius 1 is 0.604 bits per heavy atom. The number of benzene rings is 4. The summed E-state index contributed by atoms with van der Waals surface area (Å²) in [5, 5.41) is 6.85. The molecular formula is C39H47F3N4O2. The standard InChI is InChI=1S/C20H25FN2O.C19H22F2N2O/c1-14-10-17(13-19(21)11-14)12-15(2)23-9-3-4-16-5-7-18(8-6-16)20(22)24;1-13(11-15-6-9-17(20)18(21)12-15)23-10-2-3-14-4-7-16(8-5-14)19(22)24/h5-8,10-11,13,15,23H,3-4,9,12H2,1-2H3,(H2,22,24);4-9,12-13,23H,2-3,10-11H2,1H3,(H2,22,24). The van der Waals surface area contributed by atoms with E-state index < -0.39 is 23.4 Å². The molecule has 0 heterocycles. The fraction of sp³-hybridized carbons (Fsp3) is 0.333. The van der Waals surface area contributed by atoms with E-state index in [1.807, 2.05) is 44.2 Å². The minimum atomic E-state index is -0.818. The molecule has 2 unspecified atom stereocenters. The van der Waals surface area contributed by atoms with Crippen LogP contribution in [-0.2, 0) is 25.7 Å². The van der Waals surface area contributed by atoms with Crippen LogP contribution >= 0.6 is 0 Å². The van der Waals surface area contributed by atoms with Crippen LogP contribution in [0.3, 0.4) is 0 Å². The van der Waals surface area contributed by atoms with Gasteiger partial charge in [-0.1, -0.05) is 36.4 Å². The molecule has 9 heteroatoms. The monoisotopic (exact) mass is 660 g/mol. The second-order valence-electron chi connectivity index (χ2n) is 12.3. The van der Waals surface area contributed by atoms with Gasteiger partial charge in [0.15, 0.2) is 11.6 Å². The minimum absolute atomic E-state index is 0.170. The Morgan fingerprint density at radius 2 is 1.06 bits per heavy atom. The Labute approximate surface area is 282 Å². The van der Waals surface area contributed by atoms with E-state index >= 15 is 0 Å². The second-order valence-corrected chi connectivity index (χ2v) is 12.3. The summed E-state index contributed by atoms with van der Waals surface area (Å²) >= 11 is 0. The molecule has 0 aliphatic heterocycles. The lowest BCUT2D eigenvalue weighted by Gasteiger charge is -2.14. The zero-order valence-corrected chi connectivity index (χ0v) is 28.0. The molecule has 2 amide bonds. The van der Waals surface area contributed by atoms with Gasteiger partial charge in [-0.2, -0.15) is 0 Å². The zero-order chi connectivity index (χ0) is 35.1. The first kappa shape index (κ1) is 38.0. The van der Waals surface area contributed by atoms with Crippen molar-refractivity contribution in [2.45, 2.75) is 71.4 Å². The van der Waals surface area contributed by atoms with Gasteiger partial charge in [0.1, 0.15) is 5.82 Å². The lowest BCUT2D eigenvalue weighted by molar-refractivity contribution is 0.0992. The fourth-order valence-corrected chi connectivity index (χ4v) is 5.40. The molecule has 4 aromatic carbocycles. The molecule has 0 saturated heterocycles. The van der Waals surface area contributed by atoms with Crippen LogP contribution in [0, 0.1) is 24.4 Å². The van der Waals surface area contributed by atoms with Crippen LogP contribution in [0.25, 0.3) is 0 Å². The summed E-state index contributed by atoms with van der Waals surface area (Å²) in [6, 6.07) is 24.4. The maximum Gasteiger partial charge on any atom is 0.248 e. The van der Waals surface area contributed by atoms with E-state index in [4.69, 9.17) is 11.5 Å². The van der Waals surface area contributed by atoms with Gasteiger partial charge >= 0.3 is 0 Å². The van der Waals surface area contributed by atoms with Gasteiger partial charge < -0.3 is 22.1 Å². The first-order chi connectivity index (χ1) is 22.9. The quantitative estimate of drug-likeness (QED) is 0.102. The van der Waals surface area contributed by atoms with Crippen molar-refractivity contribution in [2.75, 3.05) is 13.1 Å². The van der Waals surface area contributed by atoms with Gasteiger partial charge in [-0.05, 0) is 149 Å². The normalized spacial score (nSPS) is 12.1. The van der Waals surface area contributed by atoms with Gasteiger partial charge in [0.25, 0.3) is 0 Å². The summed E-state index contributed by atoms with van der Waals surface area (Å²) < 4.78 is 39.5. The number of hydrogen-bond acceptors (Lipinski definition) is 4. The van der Waals surface area contributed by atoms with Gasteiger partial charge in [-0.25, -0.2) is 13.2 Å². The van der Waals surface area contributed by atoms with Gasteiger partial charge in [0, 0.05) is 23.2 Å². The average Bonchev–Trinajstić information content (AvgIpc) is 3.03. The van der Waals surface area contributed by atoms with Crippen molar-refractivity contribution in [1.82, 2.24) is 10.6 Å². The first-order valence-electron chi connectivity index (χ1n) is 16.3. The van der Waals surface area contributed by atoms with Crippen molar-refractivity contribution in [3.05, 3.63) is 141 Å². The molecule has 48 heavy (non-hydrogen) atoms. The topological polar surface area (TPSA) is 110 Å². The van der Waals surface area contributed by atoms with E-state index in [1.165, 1.54) is 11.6 Å². The zero-order valence-electron chi connectivity index (χ0n) is 28.0. The van der Waals surface area contributed by atoms with Crippen LogP contribution in [0.15, 0.2) is 84.9 Å². The molecule has 0 radical (unpaired) electrons. The van der Waals surface area contributed by atoms with E-state index in [-0.39, 0.29) is 11.9 Å². The molecule has 0 aliphatic rings. The van der Waals surface area contributed by atoms with E-state index in [2.05, 4.69) is 17.6 Å². The van der Waals surface area contributed by atoms with Crippen molar-refractivity contribution < 1.29 is 22.8 Å². The number of hydrogen-bond donors (Lipinski definition) is 4. The number of primary amides is 2. The third-order valence-electron chi connectivity index (χ3n) is 7.92. The highest BCUT2D eigenvalue weighted by molar-refractivity contribution is 5.93. The lowest BCUT2D eigenvalue weighted by atomic mass is 10.0. The Balaban J connectivity index is 0.000000260. The Bertz CT molecular complexity index is 1590. The smallest absolute Gasteiger partial charge is 0.248 e. The predicted molar refractivity (Wildman–Crippen MR) is 186 cm³/mol. The summed E-state index contributed by atoms with van der Waals surface area (Å²) in [5.41, 5.74) is 16.6. The highest BCUT2D eigenvalue weighted by Gasteiger charge is 2.08. The van der Waals surface area contributed by atoms with Crippen molar-refractivity contribution in [3.63, 3.8) is 0 Å². The number of carbonyl (C=O) groups is 2. The average molecular weight is 661 g/mol. The van der Waals surface area contributed by atoms with Gasteiger partial charge in [-0.15, -0.1) is 0 Å². The summed E-state index contributed by atoms with van der Waals surface area (Å²) in [7, 11) is 0. The molecule has 4 rings (SSSR count). The van der Waals surface area contributed by atoms with Crippen LogP contribution < -0.4 is 22.1 Å². The van der Waals surface area contributed by atoms with E-state index in [9.17, 15) is 22.8 Å². The maximum absolute atomic E-state index is 13.4. The van der Waals surface area contributed by atoms with Crippen LogP contribution in [0.2, 0.25) is 0 Å². The third kappa shape index (κ3) is 13.7. The van der Waals surface area contributed by atoms with Crippen molar-refractivity contribution >= 4 is 11.8 Å². The molecule has 0 bridgehead atoms.